The minimum absolute atomic E-state index is 0.216. The Morgan fingerprint density at radius 2 is 2.00 bits per heavy atom. The number of hydrogen-bond acceptors (Lipinski definition) is 3. The van der Waals surface area contributed by atoms with Crippen LogP contribution in [-0.2, 0) is 6.54 Å². The third-order valence-electron chi connectivity index (χ3n) is 3.88. The second kappa shape index (κ2) is 7.97. The van der Waals surface area contributed by atoms with E-state index < -0.39 is 5.82 Å². The average molecular weight is 371 g/mol. The molecule has 0 unspecified atom stereocenters. The van der Waals surface area contributed by atoms with Gasteiger partial charge in [-0.1, -0.05) is 29.8 Å². The maximum absolute atomic E-state index is 14.5. The molecule has 4 nitrogen and oxygen atoms in total. The van der Waals surface area contributed by atoms with Crippen LogP contribution < -0.4 is 10.1 Å². The molecular weight excluding hydrogens is 355 g/mol. The first-order chi connectivity index (χ1) is 12.6. The molecule has 0 aliphatic heterocycles. The Hall–Kier alpha value is -2.92. The number of benzene rings is 2. The Kier molecular flexibility index (Phi) is 5.49. The highest BCUT2D eigenvalue weighted by Crippen LogP contribution is 2.28. The Morgan fingerprint density at radius 1 is 1.19 bits per heavy atom. The summed E-state index contributed by atoms with van der Waals surface area (Å²) in [6.07, 6.45) is 1.54. The van der Waals surface area contributed by atoms with Crippen LogP contribution in [0, 0.1) is 5.82 Å². The van der Waals surface area contributed by atoms with Gasteiger partial charge in [0.1, 0.15) is 11.6 Å². The molecular formula is C20H16ClFN2O2. The van der Waals surface area contributed by atoms with Crippen molar-refractivity contribution in [2.24, 2.45) is 0 Å². The third-order valence-corrected chi connectivity index (χ3v) is 4.18. The van der Waals surface area contributed by atoms with Gasteiger partial charge in [0.15, 0.2) is 0 Å². The van der Waals surface area contributed by atoms with Gasteiger partial charge in [0.2, 0.25) is 0 Å². The Balaban J connectivity index is 1.77. The fourth-order valence-electron chi connectivity index (χ4n) is 2.56. The summed E-state index contributed by atoms with van der Waals surface area (Å²) in [6, 6.07) is 14.9. The van der Waals surface area contributed by atoms with E-state index in [0.29, 0.717) is 16.5 Å². The number of rotatable bonds is 5. The number of para-hydroxylation sites is 1. The van der Waals surface area contributed by atoms with Crippen LogP contribution in [0.2, 0.25) is 5.02 Å². The highest BCUT2D eigenvalue weighted by molar-refractivity contribution is 6.33. The summed E-state index contributed by atoms with van der Waals surface area (Å²) >= 11 is 6.06. The van der Waals surface area contributed by atoms with E-state index in [4.69, 9.17) is 16.3 Å². The normalized spacial score (nSPS) is 10.4. The van der Waals surface area contributed by atoms with Gasteiger partial charge in [-0.3, -0.25) is 9.78 Å². The molecule has 0 saturated carbocycles. The van der Waals surface area contributed by atoms with E-state index in [1.165, 1.54) is 18.3 Å². The minimum atomic E-state index is -0.560. The molecule has 0 aliphatic rings. The molecule has 0 fully saturated rings. The molecule has 1 amide bonds. The second-order valence-corrected chi connectivity index (χ2v) is 5.93. The number of carbonyl (C=O) groups excluding carboxylic acids is 1. The van der Waals surface area contributed by atoms with Gasteiger partial charge in [-0.15, -0.1) is 0 Å². The summed E-state index contributed by atoms with van der Waals surface area (Å²) in [5, 5.41) is 3.11. The molecule has 0 radical (unpaired) electrons. The lowest BCUT2D eigenvalue weighted by atomic mass is 10.1. The zero-order valence-corrected chi connectivity index (χ0v) is 14.8. The first kappa shape index (κ1) is 17.9. The number of carbonyl (C=O) groups is 1. The maximum atomic E-state index is 14.5. The number of nitrogens with zero attached hydrogens (tertiary/aromatic N) is 1. The molecule has 1 N–H and O–H groups in total. The smallest absolute Gasteiger partial charge is 0.251 e. The van der Waals surface area contributed by atoms with Crippen LogP contribution in [-0.4, -0.2) is 18.0 Å². The highest BCUT2D eigenvalue weighted by atomic mass is 35.5. The van der Waals surface area contributed by atoms with Gasteiger partial charge >= 0.3 is 0 Å². The van der Waals surface area contributed by atoms with E-state index in [0.717, 1.165) is 5.56 Å². The number of halogens is 2. The van der Waals surface area contributed by atoms with Crippen molar-refractivity contribution in [1.82, 2.24) is 10.3 Å². The molecule has 3 rings (SSSR count). The van der Waals surface area contributed by atoms with Gasteiger partial charge < -0.3 is 10.1 Å². The summed E-state index contributed by atoms with van der Waals surface area (Å²) in [5.74, 6) is -0.261. The zero-order valence-electron chi connectivity index (χ0n) is 14.0. The molecule has 0 bridgehead atoms. The van der Waals surface area contributed by atoms with Gasteiger partial charge in [-0.2, -0.15) is 0 Å². The van der Waals surface area contributed by atoms with Crippen molar-refractivity contribution in [3.63, 3.8) is 0 Å². The van der Waals surface area contributed by atoms with E-state index in [-0.39, 0.29) is 23.6 Å². The van der Waals surface area contributed by atoms with Crippen LogP contribution in [0.4, 0.5) is 4.39 Å². The monoisotopic (exact) mass is 370 g/mol. The van der Waals surface area contributed by atoms with Crippen molar-refractivity contribution in [3.05, 3.63) is 82.8 Å². The number of hydrogen-bond donors (Lipinski definition) is 1. The van der Waals surface area contributed by atoms with E-state index in [9.17, 15) is 9.18 Å². The van der Waals surface area contributed by atoms with Crippen molar-refractivity contribution in [1.29, 1.82) is 0 Å². The Morgan fingerprint density at radius 3 is 2.73 bits per heavy atom. The van der Waals surface area contributed by atoms with Crippen LogP contribution in [0.3, 0.4) is 0 Å². The van der Waals surface area contributed by atoms with Crippen LogP contribution >= 0.6 is 11.6 Å². The standard InChI is InChI=1S/C20H16ClFN2O2/c1-26-18-7-3-2-5-14(18)12-24-20(25)13-8-9-15(17(22)11-13)19-16(21)6-4-10-23-19/h2-11H,12H2,1H3,(H,24,25). The van der Waals surface area contributed by atoms with E-state index in [1.807, 2.05) is 24.3 Å². The summed E-state index contributed by atoms with van der Waals surface area (Å²) in [5.41, 5.74) is 1.64. The second-order valence-electron chi connectivity index (χ2n) is 5.52. The number of nitrogens with one attached hydrogen (secondary N) is 1. The predicted octanol–water partition coefficient (Wildman–Crippen LogP) is 4.48. The van der Waals surface area contributed by atoms with Crippen molar-refractivity contribution < 1.29 is 13.9 Å². The lowest BCUT2D eigenvalue weighted by Gasteiger charge is -2.10. The van der Waals surface area contributed by atoms with Crippen molar-refractivity contribution >= 4 is 17.5 Å². The molecule has 3 aromatic rings. The lowest BCUT2D eigenvalue weighted by Crippen LogP contribution is -2.23. The van der Waals surface area contributed by atoms with Gasteiger partial charge in [-0.25, -0.2) is 4.39 Å². The fraction of sp³-hybridized carbons (Fsp3) is 0.100. The summed E-state index contributed by atoms with van der Waals surface area (Å²) in [6.45, 7) is 0.276. The quantitative estimate of drug-likeness (QED) is 0.720. The molecule has 1 heterocycles. The van der Waals surface area contributed by atoms with E-state index in [1.54, 1.807) is 25.3 Å². The summed E-state index contributed by atoms with van der Waals surface area (Å²) < 4.78 is 19.7. The molecule has 26 heavy (non-hydrogen) atoms. The number of amides is 1. The van der Waals surface area contributed by atoms with Crippen LogP contribution in [0.15, 0.2) is 60.8 Å². The minimum Gasteiger partial charge on any atom is -0.496 e. The van der Waals surface area contributed by atoms with Gasteiger partial charge in [0, 0.05) is 29.4 Å². The molecule has 0 aliphatic carbocycles. The topological polar surface area (TPSA) is 51.2 Å². The van der Waals surface area contributed by atoms with Crippen molar-refractivity contribution in [3.8, 4) is 17.0 Å². The highest BCUT2D eigenvalue weighted by Gasteiger charge is 2.14. The molecule has 6 heteroatoms. The maximum Gasteiger partial charge on any atom is 0.251 e. The SMILES string of the molecule is COc1ccccc1CNC(=O)c1ccc(-c2ncccc2Cl)c(F)c1. The number of pyridine rings is 1. The third kappa shape index (κ3) is 3.83. The molecule has 0 saturated heterocycles. The Labute approximate surface area is 155 Å². The van der Waals surface area contributed by atoms with Crippen LogP contribution in [0.5, 0.6) is 5.75 Å². The fourth-order valence-corrected chi connectivity index (χ4v) is 2.78. The molecule has 2 aromatic carbocycles. The van der Waals surface area contributed by atoms with Gasteiger partial charge in [0.25, 0.3) is 5.91 Å². The van der Waals surface area contributed by atoms with Gasteiger partial charge in [-0.05, 0) is 36.4 Å². The lowest BCUT2D eigenvalue weighted by molar-refractivity contribution is 0.0950. The summed E-state index contributed by atoms with van der Waals surface area (Å²) in [4.78, 5) is 16.4. The average Bonchev–Trinajstić information content (AvgIpc) is 2.67. The van der Waals surface area contributed by atoms with E-state index >= 15 is 0 Å². The largest absolute Gasteiger partial charge is 0.496 e. The molecule has 0 spiro atoms. The van der Waals surface area contributed by atoms with Gasteiger partial charge in [0.05, 0.1) is 17.8 Å². The first-order valence-corrected chi connectivity index (χ1v) is 8.28. The number of ether oxygens (including phenoxy) is 1. The molecule has 132 valence electrons. The first-order valence-electron chi connectivity index (χ1n) is 7.90. The molecule has 1 aromatic heterocycles. The van der Waals surface area contributed by atoms with Crippen LogP contribution in [0.1, 0.15) is 15.9 Å². The number of methoxy groups -OCH3 is 1. The van der Waals surface area contributed by atoms with E-state index in [2.05, 4.69) is 10.3 Å². The summed E-state index contributed by atoms with van der Waals surface area (Å²) in [7, 11) is 1.57. The van der Waals surface area contributed by atoms with Crippen molar-refractivity contribution in [2.45, 2.75) is 6.54 Å². The zero-order chi connectivity index (χ0) is 18.5. The Bertz CT molecular complexity index is 947. The van der Waals surface area contributed by atoms with Crippen LogP contribution in [0.25, 0.3) is 11.3 Å². The van der Waals surface area contributed by atoms with Crippen molar-refractivity contribution in [2.75, 3.05) is 7.11 Å². The number of aromatic nitrogens is 1. The predicted molar refractivity (Wildman–Crippen MR) is 98.8 cm³/mol. The molecule has 0 atom stereocenters.